The molecule has 1 saturated heterocycles. The molecule has 0 radical (unpaired) electrons. The van der Waals surface area contributed by atoms with E-state index in [0.717, 1.165) is 32.2 Å². The highest BCUT2D eigenvalue weighted by molar-refractivity contribution is 6.46. The number of carbonyl (C=O) groups is 2. The van der Waals surface area contributed by atoms with Gasteiger partial charge in [0.05, 0.1) is 31.4 Å². The van der Waals surface area contributed by atoms with Gasteiger partial charge in [0.25, 0.3) is 11.7 Å². The topological polar surface area (TPSA) is 88.5 Å². The van der Waals surface area contributed by atoms with Crippen LogP contribution in [0.4, 0.5) is 0 Å². The second-order valence-corrected chi connectivity index (χ2v) is 10.2. The molecular formula is C32H44N2O6. The SMILES string of the molecule is CCCCCOc1ccc(C2/C(=C(\O)c3ccc(OCCC)cc3)C(=O)C(=O)N2CCCN(C)C)cc1OCC. The highest BCUT2D eigenvalue weighted by Gasteiger charge is 2.46. The van der Waals surface area contributed by atoms with Crippen molar-refractivity contribution in [3.8, 4) is 17.2 Å². The van der Waals surface area contributed by atoms with E-state index in [9.17, 15) is 14.7 Å². The van der Waals surface area contributed by atoms with Crippen molar-refractivity contribution in [2.75, 3.05) is 47.0 Å². The van der Waals surface area contributed by atoms with Crippen molar-refractivity contribution < 1.29 is 28.9 Å². The van der Waals surface area contributed by atoms with E-state index >= 15 is 0 Å². The predicted octanol–water partition coefficient (Wildman–Crippen LogP) is 5.82. The van der Waals surface area contributed by atoms with Gasteiger partial charge in [-0.3, -0.25) is 9.59 Å². The van der Waals surface area contributed by atoms with Gasteiger partial charge in [0.15, 0.2) is 11.5 Å². The molecule has 1 N–H and O–H groups in total. The van der Waals surface area contributed by atoms with E-state index in [2.05, 4.69) is 6.92 Å². The van der Waals surface area contributed by atoms with Crippen LogP contribution in [0.5, 0.6) is 17.2 Å². The van der Waals surface area contributed by atoms with Crippen molar-refractivity contribution in [1.82, 2.24) is 9.80 Å². The van der Waals surface area contributed by atoms with Crippen molar-refractivity contribution in [2.24, 2.45) is 0 Å². The quantitative estimate of drug-likeness (QED) is 0.122. The third-order valence-corrected chi connectivity index (χ3v) is 6.73. The zero-order valence-electron chi connectivity index (χ0n) is 24.6. The maximum absolute atomic E-state index is 13.4. The molecule has 0 aliphatic carbocycles. The van der Waals surface area contributed by atoms with Gasteiger partial charge in [-0.05, 0) is 88.8 Å². The smallest absolute Gasteiger partial charge is 0.295 e. The van der Waals surface area contributed by atoms with Crippen LogP contribution < -0.4 is 14.2 Å². The minimum atomic E-state index is -0.758. The molecule has 0 aromatic heterocycles. The number of rotatable bonds is 16. The van der Waals surface area contributed by atoms with E-state index in [1.807, 2.05) is 51.0 Å². The summed E-state index contributed by atoms with van der Waals surface area (Å²) >= 11 is 0. The van der Waals surface area contributed by atoms with Crippen LogP contribution in [0.3, 0.4) is 0 Å². The summed E-state index contributed by atoms with van der Waals surface area (Å²) in [7, 11) is 3.93. The largest absolute Gasteiger partial charge is 0.507 e. The molecule has 1 amide bonds. The Labute approximate surface area is 238 Å². The summed E-state index contributed by atoms with van der Waals surface area (Å²) in [5.74, 6) is 0.317. The number of ether oxygens (including phenoxy) is 3. The summed E-state index contributed by atoms with van der Waals surface area (Å²) in [6.45, 7) is 8.79. The zero-order chi connectivity index (χ0) is 29.1. The molecule has 218 valence electrons. The fourth-order valence-electron chi connectivity index (χ4n) is 4.72. The van der Waals surface area contributed by atoms with Crippen molar-refractivity contribution in [3.63, 3.8) is 0 Å². The minimum Gasteiger partial charge on any atom is -0.507 e. The van der Waals surface area contributed by atoms with Gasteiger partial charge in [-0.2, -0.15) is 0 Å². The summed E-state index contributed by atoms with van der Waals surface area (Å²) in [6, 6.07) is 11.7. The summed E-state index contributed by atoms with van der Waals surface area (Å²) in [5.41, 5.74) is 1.19. The van der Waals surface area contributed by atoms with Crippen LogP contribution in [-0.4, -0.2) is 73.6 Å². The average Bonchev–Trinajstić information content (AvgIpc) is 3.19. The predicted molar refractivity (Wildman–Crippen MR) is 157 cm³/mol. The Balaban J connectivity index is 2.04. The van der Waals surface area contributed by atoms with E-state index in [1.54, 1.807) is 29.2 Å². The number of aliphatic hydroxyl groups excluding tert-OH is 1. The molecule has 1 unspecified atom stereocenters. The van der Waals surface area contributed by atoms with E-state index in [-0.39, 0.29) is 11.3 Å². The Morgan fingerprint density at radius 2 is 1.62 bits per heavy atom. The number of nitrogens with zero attached hydrogens (tertiary/aromatic N) is 2. The molecule has 1 heterocycles. The number of unbranched alkanes of at least 4 members (excludes halogenated alkanes) is 2. The molecule has 1 aliphatic heterocycles. The normalized spacial score (nSPS) is 16.6. The van der Waals surface area contributed by atoms with Crippen molar-refractivity contribution in [3.05, 3.63) is 59.2 Å². The standard InChI is InChI=1S/C32H44N2O6/c1-6-9-10-21-40-26-17-14-24(22-27(26)38-8-3)29-28(31(36)32(37)34(29)19-11-18-33(4)5)30(35)23-12-15-25(16-13-23)39-20-7-2/h12-17,22,29,35H,6-11,18-21H2,1-5H3/b30-28+. The number of ketones is 1. The van der Waals surface area contributed by atoms with Crippen LogP contribution >= 0.6 is 0 Å². The monoisotopic (exact) mass is 552 g/mol. The maximum Gasteiger partial charge on any atom is 0.295 e. The molecule has 8 nitrogen and oxygen atoms in total. The number of hydrogen-bond donors (Lipinski definition) is 1. The summed E-state index contributed by atoms with van der Waals surface area (Å²) in [4.78, 5) is 30.3. The lowest BCUT2D eigenvalue weighted by Crippen LogP contribution is -2.32. The molecule has 0 saturated carbocycles. The Morgan fingerprint density at radius 1 is 0.875 bits per heavy atom. The van der Waals surface area contributed by atoms with E-state index in [4.69, 9.17) is 14.2 Å². The number of Topliss-reactive ketones (excluding diaryl/α,β-unsaturated/α-hetero) is 1. The molecule has 1 atom stereocenters. The first kappa shape index (κ1) is 31.0. The third kappa shape index (κ3) is 7.78. The van der Waals surface area contributed by atoms with Gasteiger partial charge in [-0.25, -0.2) is 0 Å². The lowest BCUT2D eigenvalue weighted by atomic mass is 9.95. The minimum absolute atomic E-state index is 0.0659. The van der Waals surface area contributed by atoms with Crippen LogP contribution in [0.25, 0.3) is 5.76 Å². The van der Waals surface area contributed by atoms with E-state index in [1.165, 1.54) is 0 Å². The molecule has 1 aliphatic rings. The number of aliphatic hydroxyl groups is 1. The second kappa shape index (κ2) is 15.3. The fraction of sp³-hybridized carbons (Fsp3) is 0.500. The van der Waals surface area contributed by atoms with Crippen molar-refractivity contribution >= 4 is 17.4 Å². The molecule has 1 fully saturated rings. The first-order chi connectivity index (χ1) is 19.3. The molecule has 0 bridgehead atoms. The van der Waals surface area contributed by atoms with Crippen LogP contribution in [-0.2, 0) is 9.59 Å². The first-order valence-electron chi connectivity index (χ1n) is 14.4. The molecule has 40 heavy (non-hydrogen) atoms. The van der Waals surface area contributed by atoms with Crippen LogP contribution in [0.2, 0.25) is 0 Å². The lowest BCUT2D eigenvalue weighted by Gasteiger charge is -2.26. The number of carbonyl (C=O) groups excluding carboxylic acids is 2. The summed E-state index contributed by atoms with van der Waals surface area (Å²) in [5, 5.41) is 11.4. The number of amides is 1. The highest BCUT2D eigenvalue weighted by Crippen LogP contribution is 2.42. The molecular weight excluding hydrogens is 508 g/mol. The van der Waals surface area contributed by atoms with Gasteiger partial charge in [-0.15, -0.1) is 0 Å². The Hall–Kier alpha value is -3.52. The Bertz CT molecular complexity index is 1160. The Kier molecular flexibility index (Phi) is 11.9. The summed E-state index contributed by atoms with van der Waals surface area (Å²) in [6.07, 6.45) is 4.68. The second-order valence-electron chi connectivity index (χ2n) is 10.2. The molecule has 3 rings (SSSR count). The van der Waals surface area contributed by atoms with Crippen LogP contribution in [0.1, 0.15) is 70.0 Å². The maximum atomic E-state index is 13.4. The molecule has 2 aromatic rings. The van der Waals surface area contributed by atoms with E-state index < -0.39 is 17.7 Å². The number of likely N-dealkylation sites (tertiary alicyclic amines) is 1. The number of benzene rings is 2. The summed E-state index contributed by atoms with van der Waals surface area (Å²) < 4.78 is 17.6. The molecule has 8 heteroatoms. The zero-order valence-corrected chi connectivity index (χ0v) is 24.6. The van der Waals surface area contributed by atoms with Crippen molar-refractivity contribution in [2.45, 2.75) is 58.9 Å². The highest BCUT2D eigenvalue weighted by atomic mass is 16.5. The first-order valence-corrected chi connectivity index (χ1v) is 14.4. The van der Waals surface area contributed by atoms with Gasteiger partial charge in [0.1, 0.15) is 11.5 Å². The van der Waals surface area contributed by atoms with Gasteiger partial charge in [-0.1, -0.05) is 32.8 Å². The molecule has 2 aromatic carbocycles. The van der Waals surface area contributed by atoms with Crippen molar-refractivity contribution in [1.29, 1.82) is 0 Å². The van der Waals surface area contributed by atoms with Gasteiger partial charge >= 0.3 is 0 Å². The van der Waals surface area contributed by atoms with Gasteiger partial charge < -0.3 is 29.1 Å². The average molecular weight is 553 g/mol. The van der Waals surface area contributed by atoms with Crippen LogP contribution in [0, 0.1) is 0 Å². The fourth-order valence-corrected chi connectivity index (χ4v) is 4.72. The number of hydrogen-bond acceptors (Lipinski definition) is 7. The van der Waals surface area contributed by atoms with Gasteiger partial charge in [0.2, 0.25) is 0 Å². The Morgan fingerprint density at radius 3 is 2.27 bits per heavy atom. The van der Waals surface area contributed by atoms with Gasteiger partial charge in [0, 0.05) is 12.1 Å². The van der Waals surface area contributed by atoms with Crippen LogP contribution in [0.15, 0.2) is 48.0 Å². The third-order valence-electron chi connectivity index (χ3n) is 6.73. The molecule has 0 spiro atoms. The lowest BCUT2D eigenvalue weighted by molar-refractivity contribution is -0.139. The van der Waals surface area contributed by atoms with E-state index in [0.29, 0.717) is 61.2 Å².